The first-order valence-corrected chi connectivity index (χ1v) is 6.88. The number of benzene rings is 1. The third-order valence-corrected chi connectivity index (χ3v) is 4.09. The molecule has 1 aliphatic carbocycles. The molecule has 1 saturated carbocycles. The third kappa shape index (κ3) is 2.29. The molecule has 0 bridgehead atoms. The van der Waals surface area contributed by atoms with E-state index in [1.165, 1.54) is 0 Å². The van der Waals surface area contributed by atoms with E-state index in [9.17, 15) is 14.7 Å². The van der Waals surface area contributed by atoms with Crippen molar-refractivity contribution >= 4 is 17.6 Å². The molecular formula is C15H17NO4. The van der Waals surface area contributed by atoms with Gasteiger partial charge in [-0.05, 0) is 43.4 Å². The van der Waals surface area contributed by atoms with Gasteiger partial charge in [0, 0.05) is 12.3 Å². The maximum atomic E-state index is 11.9. The van der Waals surface area contributed by atoms with E-state index in [4.69, 9.17) is 4.74 Å². The van der Waals surface area contributed by atoms with Crippen LogP contribution in [-0.4, -0.2) is 29.7 Å². The molecule has 0 spiro atoms. The van der Waals surface area contributed by atoms with Gasteiger partial charge in [-0.25, -0.2) is 0 Å². The normalized spacial score (nSPS) is 23.3. The van der Waals surface area contributed by atoms with Crippen molar-refractivity contribution < 1.29 is 19.4 Å². The van der Waals surface area contributed by atoms with Crippen molar-refractivity contribution in [2.24, 2.45) is 0 Å². The summed E-state index contributed by atoms with van der Waals surface area (Å²) in [7, 11) is 0. The van der Waals surface area contributed by atoms with Crippen molar-refractivity contribution in [3.63, 3.8) is 0 Å². The number of hydrogen-bond acceptors (Lipinski definition) is 3. The summed E-state index contributed by atoms with van der Waals surface area (Å²) >= 11 is 0. The molecule has 1 heterocycles. The Kier molecular flexibility index (Phi) is 3.22. The Labute approximate surface area is 116 Å². The lowest BCUT2D eigenvalue weighted by Gasteiger charge is -2.13. The number of carbonyl (C=O) groups excluding carboxylic acids is 1. The Morgan fingerprint density at radius 1 is 1.25 bits per heavy atom. The maximum absolute atomic E-state index is 11.9. The molecule has 2 aliphatic rings. The highest BCUT2D eigenvalue weighted by Gasteiger charge is 2.51. The fraction of sp³-hybridized carbons (Fsp3) is 0.467. The van der Waals surface area contributed by atoms with Crippen LogP contribution in [0.15, 0.2) is 24.3 Å². The van der Waals surface area contributed by atoms with Crippen LogP contribution in [-0.2, 0) is 19.7 Å². The summed E-state index contributed by atoms with van der Waals surface area (Å²) in [5.74, 6) is -0.900. The van der Waals surface area contributed by atoms with Gasteiger partial charge in [-0.15, -0.1) is 0 Å². The minimum atomic E-state index is -0.770. The second-order valence-electron chi connectivity index (χ2n) is 5.46. The first-order valence-electron chi connectivity index (χ1n) is 6.88. The predicted octanol–water partition coefficient (Wildman–Crippen LogP) is 1.92. The zero-order valence-corrected chi connectivity index (χ0v) is 11.1. The number of carboxylic acid groups (broad SMARTS) is 1. The Balaban J connectivity index is 1.67. The van der Waals surface area contributed by atoms with Gasteiger partial charge in [0.05, 0.1) is 5.41 Å². The monoisotopic (exact) mass is 275 g/mol. The third-order valence-electron chi connectivity index (χ3n) is 4.09. The molecule has 1 aliphatic heterocycles. The van der Waals surface area contributed by atoms with Gasteiger partial charge in [0.15, 0.2) is 0 Å². The summed E-state index contributed by atoms with van der Waals surface area (Å²) in [6.45, 7) is 0.637. The van der Waals surface area contributed by atoms with Gasteiger partial charge in [0.1, 0.15) is 6.10 Å². The molecule has 1 saturated heterocycles. The Hall–Kier alpha value is -1.88. The lowest BCUT2D eigenvalue weighted by Crippen LogP contribution is -2.26. The van der Waals surface area contributed by atoms with Crippen molar-refractivity contribution in [3.8, 4) is 0 Å². The highest BCUT2D eigenvalue weighted by atomic mass is 16.5. The zero-order valence-electron chi connectivity index (χ0n) is 11.1. The fourth-order valence-electron chi connectivity index (χ4n) is 2.63. The van der Waals surface area contributed by atoms with Gasteiger partial charge in [0.25, 0.3) is 5.91 Å². The molecule has 3 rings (SSSR count). The van der Waals surface area contributed by atoms with Crippen molar-refractivity contribution in [3.05, 3.63) is 29.8 Å². The van der Waals surface area contributed by atoms with E-state index < -0.39 is 11.4 Å². The van der Waals surface area contributed by atoms with E-state index >= 15 is 0 Å². The molecule has 1 atom stereocenters. The van der Waals surface area contributed by atoms with Crippen molar-refractivity contribution in [2.45, 2.75) is 37.2 Å². The van der Waals surface area contributed by atoms with Crippen LogP contribution < -0.4 is 5.32 Å². The average Bonchev–Trinajstić information content (AvgIpc) is 3.07. The van der Waals surface area contributed by atoms with Crippen molar-refractivity contribution in [1.29, 1.82) is 0 Å². The quantitative estimate of drug-likeness (QED) is 0.880. The Bertz CT molecular complexity index is 527. The van der Waals surface area contributed by atoms with Crippen LogP contribution in [0.1, 0.15) is 31.2 Å². The number of hydrogen-bond donors (Lipinski definition) is 2. The molecule has 1 aromatic carbocycles. The molecular weight excluding hydrogens is 258 g/mol. The van der Waals surface area contributed by atoms with E-state index in [2.05, 4.69) is 5.32 Å². The summed E-state index contributed by atoms with van der Waals surface area (Å²) in [6, 6.07) is 7.08. The molecule has 5 heteroatoms. The minimum absolute atomic E-state index is 0.130. The fourth-order valence-corrected chi connectivity index (χ4v) is 2.63. The summed E-state index contributed by atoms with van der Waals surface area (Å²) in [5, 5.41) is 12.0. The first kappa shape index (κ1) is 13.1. The summed E-state index contributed by atoms with van der Waals surface area (Å²) < 4.78 is 5.32. The van der Waals surface area contributed by atoms with E-state index in [1.54, 1.807) is 24.3 Å². The molecule has 0 aromatic heterocycles. The Morgan fingerprint density at radius 3 is 2.45 bits per heavy atom. The second kappa shape index (κ2) is 4.90. The van der Waals surface area contributed by atoms with Crippen molar-refractivity contribution in [2.75, 3.05) is 11.9 Å². The number of carboxylic acids is 1. The van der Waals surface area contributed by atoms with E-state index in [1.807, 2.05) is 0 Å². The van der Waals surface area contributed by atoms with Crippen molar-refractivity contribution in [1.82, 2.24) is 0 Å². The second-order valence-corrected chi connectivity index (χ2v) is 5.46. The van der Waals surface area contributed by atoms with E-state index in [0.717, 1.165) is 18.4 Å². The summed E-state index contributed by atoms with van der Waals surface area (Å²) in [4.78, 5) is 23.1. The molecule has 1 aromatic rings. The van der Waals surface area contributed by atoms with E-state index in [0.29, 0.717) is 25.1 Å². The van der Waals surface area contributed by atoms with Crippen LogP contribution in [0.3, 0.4) is 0 Å². The minimum Gasteiger partial charge on any atom is -0.481 e. The van der Waals surface area contributed by atoms with Crippen LogP contribution in [0.4, 0.5) is 5.69 Å². The SMILES string of the molecule is O=C(Nc1ccc(C2(C(=O)O)CC2)cc1)[C@@H]1CCCO1. The highest BCUT2D eigenvalue weighted by molar-refractivity contribution is 5.94. The van der Waals surface area contributed by atoms with Gasteiger partial charge >= 0.3 is 5.97 Å². The average molecular weight is 275 g/mol. The molecule has 2 fully saturated rings. The number of nitrogens with one attached hydrogen (secondary N) is 1. The smallest absolute Gasteiger partial charge is 0.314 e. The molecule has 106 valence electrons. The number of amides is 1. The maximum Gasteiger partial charge on any atom is 0.314 e. The molecule has 20 heavy (non-hydrogen) atoms. The standard InChI is InChI=1S/C15H17NO4/c17-13(12-2-1-9-20-12)16-11-5-3-10(4-6-11)15(7-8-15)14(18)19/h3-6,12H,1-2,7-9H2,(H,16,17)(H,18,19)/t12-/m0/s1. The first-order chi connectivity index (χ1) is 9.62. The van der Waals surface area contributed by atoms with Crippen LogP contribution in [0.2, 0.25) is 0 Å². The number of carbonyl (C=O) groups is 2. The summed E-state index contributed by atoms with van der Waals surface area (Å²) in [5.41, 5.74) is 0.785. The molecule has 5 nitrogen and oxygen atoms in total. The van der Waals surface area contributed by atoms with Crippen LogP contribution >= 0.6 is 0 Å². The van der Waals surface area contributed by atoms with Gasteiger partial charge in [0.2, 0.25) is 0 Å². The molecule has 0 unspecified atom stereocenters. The number of ether oxygens (including phenoxy) is 1. The number of rotatable bonds is 4. The summed E-state index contributed by atoms with van der Waals surface area (Å²) in [6.07, 6.45) is 2.68. The highest BCUT2D eigenvalue weighted by Crippen LogP contribution is 2.48. The van der Waals surface area contributed by atoms with Crippen LogP contribution in [0.25, 0.3) is 0 Å². The molecule has 1 amide bonds. The van der Waals surface area contributed by atoms with Crippen LogP contribution in [0, 0.1) is 0 Å². The topological polar surface area (TPSA) is 75.6 Å². The van der Waals surface area contributed by atoms with Gasteiger partial charge in [-0.2, -0.15) is 0 Å². The van der Waals surface area contributed by atoms with Gasteiger partial charge in [-0.3, -0.25) is 9.59 Å². The Morgan fingerprint density at radius 2 is 1.95 bits per heavy atom. The molecule has 0 radical (unpaired) electrons. The van der Waals surface area contributed by atoms with Crippen LogP contribution in [0.5, 0.6) is 0 Å². The van der Waals surface area contributed by atoms with E-state index in [-0.39, 0.29) is 12.0 Å². The predicted molar refractivity (Wildman–Crippen MR) is 72.6 cm³/mol. The van der Waals surface area contributed by atoms with Gasteiger partial charge < -0.3 is 15.2 Å². The lowest BCUT2D eigenvalue weighted by molar-refractivity contribution is -0.140. The number of anilines is 1. The van der Waals surface area contributed by atoms with Gasteiger partial charge in [-0.1, -0.05) is 12.1 Å². The zero-order chi connectivity index (χ0) is 14.2. The lowest BCUT2D eigenvalue weighted by atomic mass is 9.96. The largest absolute Gasteiger partial charge is 0.481 e. The number of aliphatic carboxylic acids is 1. The molecule has 2 N–H and O–H groups in total.